The number of fused-ring (bicyclic) bond motifs is 3. The lowest BCUT2D eigenvalue weighted by atomic mass is 10.2. The third-order valence-corrected chi connectivity index (χ3v) is 5.17. The van der Waals surface area contributed by atoms with Gasteiger partial charge in [-0.2, -0.15) is 0 Å². The summed E-state index contributed by atoms with van der Waals surface area (Å²) >= 11 is 2.84. The molecule has 0 fully saturated rings. The monoisotopic (exact) mass is 368 g/mol. The molecule has 0 amide bonds. The molecule has 0 aliphatic carbocycles. The van der Waals surface area contributed by atoms with Crippen molar-refractivity contribution in [3.05, 3.63) is 42.6 Å². The zero-order valence-corrected chi connectivity index (χ0v) is 15.1. The SMILES string of the molecule is CCNc1nc2c(ccc3cnc(Nc4cccc(SN)c4)nc32)s1. The van der Waals surface area contributed by atoms with E-state index in [2.05, 4.69) is 38.6 Å². The maximum atomic E-state index is 5.62. The summed E-state index contributed by atoms with van der Waals surface area (Å²) in [5.41, 5.74) is 2.64. The summed E-state index contributed by atoms with van der Waals surface area (Å²) < 4.78 is 1.11. The summed E-state index contributed by atoms with van der Waals surface area (Å²) in [6, 6.07) is 11.9. The quantitative estimate of drug-likeness (QED) is 0.450. The molecule has 2 heterocycles. The molecular weight excluding hydrogens is 352 g/mol. The van der Waals surface area contributed by atoms with E-state index >= 15 is 0 Å². The van der Waals surface area contributed by atoms with Gasteiger partial charge in [0.1, 0.15) is 11.0 Å². The number of nitrogens with one attached hydrogen (secondary N) is 2. The number of aromatic nitrogens is 3. The average Bonchev–Trinajstić information content (AvgIpc) is 3.05. The van der Waals surface area contributed by atoms with Crippen LogP contribution in [-0.4, -0.2) is 21.5 Å². The number of hydrogen-bond donors (Lipinski definition) is 3. The number of nitrogens with two attached hydrogens (primary N) is 1. The predicted molar refractivity (Wildman–Crippen MR) is 107 cm³/mol. The van der Waals surface area contributed by atoms with Gasteiger partial charge in [-0.05, 0) is 49.2 Å². The van der Waals surface area contributed by atoms with Gasteiger partial charge in [0.2, 0.25) is 5.95 Å². The van der Waals surface area contributed by atoms with Gasteiger partial charge in [-0.1, -0.05) is 17.4 Å². The van der Waals surface area contributed by atoms with Crippen LogP contribution in [0.2, 0.25) is 0 Å². The molecule has 0 radical (unpaired) electrons. The van der Waals surface area contributed by atoms with Gasteiger partial charge in [0, 0.05) is 28.7 Å². The summed E-state index contributed by atoms with van der Waals surface area (Å²) in [5, 5.41) is 14.0. The molecule has 2 aromatic heterocycles. The van der Waals surface area contributed by atoms with Gasteiger partial charge in [0.15, 0.2) is 5.13 Å². The standard InChI is InChI=1S/C17H16N6S2/c1-2-19-17-23-15-13(24-17)7-6-10-9-20-16(22-14(10)15)21-11-4-3-5-12(8-11)25-18/h3-9H,2,18H2,1H3,(H,19,23)(H,20,21,22). The van der Waals surface area contributed by atoms with Crippen molar-refractivity contribution in [3.63, 3.8) is 0 Å². The normalized spacial score (nSPS) is 11.1. The maximum Gasteiger partial charge on any atom is 0.227 e. The Morgan fingerprint density at radius 3 is 2.92 bits per heavy atom. The largest absolute Gasteiger partial charge is 0.362 e. The lowest BCUT2D eigenvalue weighted by Crippen LogP contribution is -1.98. The van der Waals surface area contributed by atoms with E-state index < -0.39 is 0 Å². The molecule has 8 heteroatoms. The molecule has 0 atom stereocenters. The molecule has 0 saturated carbocycles. The highest BCUT2D eigenvalue weighted by Crippen LogP contribution is 2.31. The third kappa shape index (κ3) is 3.23. The molecule has 4 aromatic rings. The first-order valence-corrected chi connectivity index (χ1v) is 9.50. The first-order valence-electron chi connectivity index (χ1n) is 7.81. The second-order valence-corrected chi connectivity index (χ2v) is 7.10. The molecule has 6 nitrogen and oxygen atoms in total. The van der Waals surface area contributed by atoms with Gasteiger partial charge >= 0.3 is 0 Å². The van der Waals surface area contributed by atoms with Crippen LogP contribution in [0.3, 0.4) is 0 Å². The van der Waals surface area contributed by atoms with Gasteiger partial charge < -0.3 is 10.6 Å². The van der Waals surface area contributed by atoms with E-state index in [9.17, 15) is 0 Å². The van der Waals surface area contributed by atoms with Crippen molar-refractivity contribution in [1.82, 2.24) is 15.0 Å². The van der Waals surface area contributed by atoms with Gasteiger partial charge in [-0.15, -0.1) is 0 Å². The summed E-state index contributed by atoms with van der Waals surface area (Å²) in [6.07, 6.45) is 1.82. The average molecular weight is 368 g/mol. The fourth-order valence-corrected chi connectivity index (χ4v) is 3.84. The van der Waals surface area contributed by atoms with Crippen molar-refractivity contribution >= 4 is 61.2 Å². The molecule has 25 heavy (non-hydrogen) atoms. The Kier molecular flexibility index (Phi) is 4.39. The lowest BCUT2D eigenvalue weighted by Gasteiger charge is -2.07. The first-order chi connectivity index (χ1) is 12.3. The first kappa shape index (κ1) is 16.1. The van der Waals surface area contributed by atoms with Crippen LogP contribution in [0.25, 0.3) is 21.1 Å². The second-order valence-electron chi connectivity index (χ2n) is 5.36. The van der Waals surface area contributed by atoms with Crippen LogP contribution in [-0.2, 0) is 0 Å². The highest BCUT2D eigenvalue weighted by atomic mass is 32.2. The van der Waals surface area contributed by atoms with Crippen molar-refractivity contribution in [3.8, 4) is 0 Å². The molecular formula is C17H16N6S2. The number of anilines is 3. The van der Waals surface area contributed by atoms with Gasteiger partial charge in [-0.3, -0.25) is 5.14 Å². The minimum absolute atomic E-state index is 0.539. The summed E-state index contributed by atoms with van der Waals surface area (Å²) in [7, 11) is 0. The molecule has 0 saturated heterocycles. The fourth-order valence-electron chi connectivity index (χ4n) is 2.55. The summed E-state index contributed by atoms with van der Waals surface area (Å²) in [6.45, 7) is 2.90. The van der Waals surface area contributed by atoms with Gasteiger partial charge in [0.05, 0.1) is 4.70 Å². The van der Waals surface area contributed by atoms with Crippen LogP contribution < -0.4 is 15.8 Å². The van der Waals surface area contributed by atoms with Crippen molar-refractivity contribution in [1.29, 1.82) is 0 Å². The van der Waals surface area contributed by atoms with Gasteiger partial charge in [0.25, 0.3) is 0 Å². The highest BCUT2D eigenvalue weighted by Gasteiger charge is 2.10. The molecule has 2 aromatic carbocycles. The molecule has 0 spiro atoms. The zero-order chi connectivity index (χ0) is 17.2. The number of hydrogen-bond acceptors (Lipinski definition) is 8. The second kappa shape index (κ2) is 6.83. The Hall–Kier alpha value is -2.42. The van der Waals surface area contributed by atoms with E-state index in [0.29, 0.717) is 5.95 Å². The molecule has 126 valence electrons. The Morgan fingerprint density at radius 2 is 2.08 bits per heavy atom. The minimum atomic E-state index is 0.539. The van der Waals surface area contributed by atoms with Crippen LogP contribution in [0.4, 0.5) is 16.8 Å². The maximum absolute atomic E-state index is 5.62. The smallest absolute Gasteiger partial charge is 0.227 e. The van der Waals surface area contributed by atoms with Crippen LogP contribution in [0.1, 0.15) is 6.92 Å². The lowest BCUT2D eigenvalue weighted by molar-refractivity contribution is 1.19. The van der Waals surface area contributed by atoms with Crippen LogP contribution in [0.15, 0.2) is 47.5 Å². The molecule has 4 N–H and O–H groups in total. The highest BCUT2D eigenvalue weighted by molar-refractivity contribution is 7.97. The number of benzene rings is 2. The van der Waals surface area contributed by atoms with Crippen molar-refractivity contribution in [2.45, 2.75) is 11.8 Å². The molecule has 0 unspecified atom stereocenters. The van der Waals surface area contributed by atoms with Gasteiger partial charge in [-0.25, -0.2) is 15.0 Å². The fraction of sp³-hybridized carbons (Fsp3) is 0.118. The molecule has 0 aliphatic rings. The summed E-state index contributed by atoms with van der Waals surface area (Å²) in [4.78, 5) is 14.7. The molecule has 0 bridgehead atoms. The Bertz CT molecular complexity index is 1050. The minimum Gasteiger partial charge on any atom is -0.362 e. The molecule has 4 rings (SSSR count). The Labute approximate surface area is 153 Å². The Balaban J connectivity index is 1.76. The van der Waals surface area contributed by atoms with Crippen LogP contribution >= 0.6 is 23.3 Å². The Morgan fingerprint density at radius 1 is 1.16 bits per heavy atom. The van der Waals surface area contributed by atoms with E-state index in [1.807, 2.05) is 36.5 Å². The van der Waals surface area contributed by atoms with E-state index in [4.69, 9.17) is 5.14 Å². The zero-order valence-electron chi connectivity index (χ0n) is 13.5. The van der Waals surface area contributed by atoms with Crippen molar-refractivity contribution in [2.75, 3.05) is 17.2 Å². The third-order valence-electron chi connectivity index (χ3n) is 3.66. The number of thiazole rings is 1. The molecule has 0 aliphatic heterocycles. The number of rotatable bonds is 5. The predicted octanol–water partition coefficient (Wildman–Crippen LogP) is 4.38. The van der Waals surface area contributed by atoms with Crippen molar-refractivity contribution in [2.24, 2.45) is 5.14 Å². The van der Waals surface area contributed by atoms with Crippen molar-refractivity contribution < 1.29 is 0 Å². The van der Waals surface area contributed by atoms with E-state index in [1.165, 1.54) is 11.9 Å². The van der Waals surface area contributed by atoms with E-state index in [0.717, 1.165) is 43.4 Å². The van der Waals surface area contributed by atoms with Crippen LogP contribution in [0.5, 0.6) is 0 Å². The summed E-state index contributed by atoms with van der Waals surface area (Å²) in [5.74, 6) is 0.539. The topological polar surface area (TPSA) is 88.8 Å². The van der Waals surface area contributed by atoms with Crippen LogP contribution in [0, 0.1) is 0 Å². The van der Waals surface area contributed by atoms with E-state index in [1.54, 1.807) is 11.3 Å². The van der Waals surface area contributed by atoms with E-state index in [-0.39, 0.29) is 0 Å². The number of nitrogens with zero attached hydrogens (tertiary/aromatic N) is 3.